The molecule has 2 aromatic carbocycles. The third kappa shape index (κ3) is 5.82. The molecule has 0 spiro atoms. The van der Waals surface area contributed by atoms with Crippen LogP contribution in [0.1, 0.15) is 18.1 Å². The average Bonchev–Trinajstić information content (AvgIpc) is 2.82. The lowest BCUT2D eigenvalue weighted by atomic mass is 10.1. The molecule has 0 amide bonds. The van der Waals surface area contributed by atoms with Crippen molar-refractivity contribution in [1.29, 1.82) is 0 Å². The van der Waals surface area contributed by atoms with Crippen molar-refractivity contribution >= 4 is 5.96 Å². The zero-order chi connectivity index (χ0) is 22.9. The van der Waals surface area contributed by atoms with Gasteiger partial charge in [0.2, 0.25) is 5.75 Å². The number of benzene rings is 2. The van der Waals surface area contributed by atoms with E-state index in [1.807, 2.05) is 25.1 Å². The number of nitrogens with one attached hydrogen (secondary N) is 1. The molecule has 0 bridgehead atoms. The summed E-state index contributed by atoms with van der Waals surface area (Å²) in [5.41, 5.74) is 1.71. The first kappa shape index (κ1) is 23.7. The molecule has 32 heavy (non-hydrogen) atoms. The Bertz CT molecular complexity index is 889. The van der Waals surface area contributed by atoms with Gasteiger partial charge >= 0.3 is 0 Å². The lowest BCUT2D eigenvalue weighted by Gasteiger charge is -2.36. The highest BCUT2D eigenvalue weighted by atomic mass is 19.1. The number of methoxy groups -OCH3 is 3. The highest BCUT2D eigenvalue weighted by Crippen LogP contribution is 2.38. The molecule has 1 fully saturated rings. The van der Waals surface area contributed by atoms with Gasteiger partial charge in [-0.2, -0.15) is 0 Å². The fourth-order valence-electron chi connectivity index (χ4n) is 3.82. The van der Waals surface area contributed by atoms with Crippen molar-refractivity contribution in [2.45, 2.75) is 20.0 Å². The minimum atomic E-state index is -0.220. The Morgan fingerprint density at radius 1 is 1.00 bits per heavy atom. The van der Waals surface area contributed by atoms with Crippen molar-refractivity contribution in [2.24, 2.45) is 4.99 Å². The zero-order valence-corrected chi connectivity index (χ0v) is 19.4. The number of hydrogen-bond acceptors (Lipinski definition) is 5. The Morgan fingerprint density at radius 2 is 1.66 bits per heavy atom. The molecule has 7 nitrogen and oxygen atoms in total. The molecular weight excluding hydrogens is 411 g/mol. The van der Waals surface area contributed by atoms with Gasteiger partial charge < -0.3 is 24.4 Å². The molecule has 0 aliphatic carbocycles. The van der Waals surface area contributed by atoms with E-state index in [1.54, 1.807) is 33.5 Å². The van der Waals surface area contributed by atoms with Crippen LogP contribution >= 0.6 is 0 Å². The van der Waals surface area contributed by atoms with Gasteiger partial charge in [-0.05, 0) is 30.7 Å². The molecule has 3 rings (SSSR count). The van der Waals surface area contributed by atoms with Gasteiger partial charge in [0.25, 0.3) is 0 Å². The van der Waals surface area contributed by atoms with Crippen molar-refractivity contribution in [1.82, 2.24) is 15.1 Å². The Balaban J connectivity index is 1.63. The lowest BCUT2D eigenvalue weighted by molar-refractivity contribution is 0.172. The Hall–Kier alpha value is -3.00. The smallest absolute Gasteiger partial charge is 0.203 e. The van der Waals surface area contributed by atoms with Gasteiger partial charge in [-0.15, -0.1) is 0 Å². The molecule has 1 aliphatic heterocycles. The van der Waals surface area contributed by atoms with E-state index in [4.69, 9.17) is 14.2 Å². The van der Waals surface area contributed by atoms with Crippen molar-refractivity contribution in [3.8, 4) is 17.2 Å². The maximum Gasteiger partial charge on any atom is 0.203 e. The second-order valence-corrected chi connectivity index (χ2v) is 7.56. The molecular formula is C24H33FN4O3. The van der Waals surface area contributed by atoms with Gasteiger partial charge in [-0.3, -0.25) is 4.90 Å². The topological polar surface area (TPSA) is 58.6 Å². The molecule has 1 heterocycles. The number of piperazine rings is 1. The van der Waals surface area contributed by atoms with Gasteiger partial charge in [0.05, 0.1) is 27.9 Å². The van der Waals surface area contributed by atoms with E-state index < -0.39 is 0 Å². The van der Waals surface area contributed by atoms with Gasteiger partial charge in [0, 0.05) is 44.8 Å². The molecule has 0 saturated carbocycles. The van der Waals surface area contributed by atoms with Gasteiger partial charge in [0.15, 0.2) is 17.5 Å². The summed E-state index contributed by atoms with van der Waals surface area (Å²) in [5.74, 6) is 2.53. The summed E-state index contributed by atoms with van der Waals surface area (Å²) in [5, 5.41) is 3.34. The van der Waals surface area contributed by atoms with E-state index in [9.17, 15) is 4.39 Å². The average molecular weight is 445 g/mol. The van der Waals surface area contributed by atoms with Crippen molar-refractivity contribution in [3.05, 3.63) is 53.3 Å². The largest absolute Gasteiger partial charge is 0.493 e. The Labute approximate surface area is 189 Å². The first-order valence-corrected chi connectivity index (χ1v) is 10.9. The summed E-state index contributed by atoms with van der Waals surface area (Å²) in [6.45, 7) is 7.37. The van der Waals surface area contributed by atoms with Crippen LogP contribution in [0.3, 0.4) is 0 Å². The summed E-state index contributed by atoms with van der Waals surface area (Å²) < 4.78 is 30.3. The number of guanidine groups is 1. The van der Waals surface area contributed by atoms with Gasteiger partial charge in [0.1, 0.15) is 5.82 Å². The molecule has 1 aliphatic rings. The summed E-state index contributed by atoms with van der Waals surface area (Å²) in [6.07, 6.45) is 0. The molecule has 0 unspecified atom stereocenters. The third-order valence-corrected chi connectivity index (χ3v) is 5.49. The standard InChI is InChI=1S/C24H33FN4O3/c1-5-26-24(27-16-19-8-6-7-9-20(19)25)29-12-10-28(11-13-29)17-18-14-21(30-2)23(32-4)22(15-18)31-3/h6-9,14-15H,5,10-13,16-17H2,1-4H3,(H,26,27). The monoisotopic (exact) mass is 444 g/mol. The van der Waals surface area contributed by atoms with Crippen LogP contribution in [-0.4, -0.2) is 69.8 Å². The molecule has 1 saturated heterocycles. The van der Waals surface area contributed by atoms with Crippen molar-refractivity contribution < 1.29 is 18.6 Å². The first-order chi connectivity index (χ1) is 15.6. The van der Waals surface area contributed by atoms with Gasteiger partial charge in [-0.1, -0.05) is 18.2 Å². The highest BCUT2D eigenvalue weighted by Gasteiger charge is 2.21. The number of halogens is 1. The SMILES string of the molecule is CCNC(=NCc1ccccc1F)N1CCN(Cc2cc(OC)c(OC)c(OC)c2)CC1. The molecule has 0 radical (unpaired) electrons. The normalized spacial score (nSPS) is 14.9. The predicted octanol–water partition coefficient (Wildman–Crippen LogP) is 3.13. The number of hydrogen-bond donors (Lipinski definition) is 1. The van der Waals surface area contributed by atoms with E-state index >= 15 is 0 Å². The maximum absolute atomic E-state index is 13.9. The van der Waals surface area contributed by atoms with Crippen LogP contribution in [0.4, 0.5) is 4.39 Å². The first-order valence-electron chi connectivity index (χ1n) is 10.9. The van der Waals surface area contributed by atoms with Crippen LogP contribution in [-0.2, 0) is 13.1 Å². The maximum atomic E-state index is 13.9. The molecule has 174 valence electrons. The van der Waals surface area contributed by atoms with Crippen LogP contribution in [0.25, 0.3) is 0 Å². The summed E-state index contributed by atoms with van der Waals surface area (Å²) in [7, 11) is 4.86. The molecule has 1 N–H and O–H groups in total. The highest BCUT2D eigenvalue weighted by molar-refractivity contribution is 5.80. The van der Waals surface area contributed by atoms with Crippen LogP contribution in [0, 0.1) is 5.82 Å². The Morgan fingerprint density at radius 3 is 2.22 bits per heavy atom. The van der Waals surface area contributed by atoms with Crippen LogP contribution in [0.15, 0.2) is 41.4 Å². The van der Waals surface area contributed by atoms with E-state index in [-0.39, 0.29) is 5.82 Å². The number of aliphatic imine (C=N–C) groups is 1. The summed E-state index contributed by atoms with van der Waals surface area (Å²) in [6, 6.07) is 10.8. The van der Waals surface area contributed by atoms with Crippen LogP contribution in [0.2, 0.25) is 0 Å². The second-order valence-electron chi connectivity index (χ2n) is 7.56. The lowest BCUT2D eigenvalue weighted by Crippen LogP contribution is -2.52. The number of rotatable bonds is 8. The fourth-order valence-corrected chi connectivity index (χ4v) is 3.82. The van der Waals surface area contributed by atoms with Crippen molar-refractivity contribution in [2.75, 3.05) is 54.1 Å². The minimum absolute atomic E-state index is 0.220. The van der Waals surface area contributed by atoms with Crippen LogP contribution in [0.5, 0.6) is 17.2 Å². The second kappa shape index (κ2) is 11.6. The summed E-state index contributed by atoms with van der Waals surface area (Å²) >= 11 is 0. The molecule has 0 aromatic heterocycles. The minimum Gasteiger partial charge on any atom is -0.493 e. The van der Waals surface area contributed by atoms with E-state index in [1.165, 1.54) is 6.07 Å². The third-order valence-electron chi connectivity index (χ3n) is 5.49. The van der Waals surface area contributed by atoms with E-state index in [0.717, 1.165) is 50.8 Å². The molecule has 8 heteroatoms. The fraction of sp³-hybridized carbons (Fsp3) is 0.458. The van der Waals surface area contributed by atoms with E-state index in [0.29, 0.717) is 29.4 Å². The number of nitrogens with zero attached hydrogens (tertiary/aromatic N) is 3. The molecule has 0 atom stereocenters. The zero-order valence-electron chi connectivity index (χ0n) is 19.4. The molecule has 2 aromatic rings. The number of ether oxygens (including phenoxy) is 3. The van der Waals surface area contributed by atoms with Gasteiger partial charge in [-0.25, -0.2) is 9.38 Å². The summed E-state index contributed by atoms with van der Waals surface area (Å²) in [4.78, 5) is 9.29. The quantitative estimate of drug-likeness (QED) is 0.499. The van der Waals surface area contributed by atoms with Crippen molar-refractivity contribution in [3.63, 3.8) is 0 Å². The Kier molecular flexibility index (Phi) is 8.56. The predicted molar refractivity (Wildman–Crippen MR) is 124 cm³/mol. The van der Waals surface area contributed by atoms with E-state index in [2.05, 4.69) is 20.1 Å². The van der Waals surface area contributed by atoms with Crippen LogP contribution < -0.4 is 19.5 Å².